The van der Waals surface area contributed by atoms with Crippen LogP contribution in [0.4, 0.5) is 22.5 Å². The van der Waals surface area contributed by atoms with E-state index in [0.29, 0.717) is 6.42 Å². The maximum absolute atomic E-state index is 14.4. The first-order chi connectivity index (χ1) is 38.1. The molecule has 444 valence electrons. The molecular formula is C37H52N16O24P4. The first-order valence-corrected chi connectivity index (χ1v) is 29.7. The molecule has 9 rings (SSSR count). The zero-order valence-electron chi connectivity index (χ0n) is 42.0. The highest BCUT2D eigenvalue weighted by atomic mass is 31.3. The van der Waals surface area contributed by atoms with Gasteiger partial charge in [-0.1, -0.05) is 6.92 Å². The first kappa shape index (κ1) is 59.8. The fourth-order valence-corrected chi connectivity index (χ4v) is 14.5. The van der Waals surface area contributed by atoms with Gasteiger partial charge in [0.2, 0.25) is 24.5 Å². The van der Waals surface area contributed by atoms with E-state index in [0.717, 1.165) is 35.2 Å². The van der Waals surface area contributed by atoms with Crippen molar-refractivity contribution in [2.75, 3.05) is 57.3 Å². The number of phosphoric acid groups is 3. The van der Waals surface area contributed by atoms with Gasteiger partial charge in [-0.25, -0.2) is 43.0 Å². The van der Waals surface area contributed by atoms with Gasteiger partial charge in [-0.2, -0.15) is 23.2 Å². The van der Waals surface area contributed by atoms with E-state index in [1.54, 1.807) is 6.92 Å². The highest BCUT2D eigenvalue weighted by Gasteiger charge is 2.55. The normalized spacial score (nSPS) is 29.0. The van der Waals surface area contributed by atoms with E-state index in [4.69, 9.17) is 54.5 Å². The van der Waals surface area contributed by atoms with Gasteiger partial charge in [0.1, 0.15) is 50.0 Å². The number of hydrogen-bond donors (Lipinski definition) is 12. The van der Waals surface area contributed by atoms with E-state index in [1.807, 2.05) is 0 Å². The number of alkyl carbamates (subject to hydrolysis) is 1. The van der Waals surface area contributed by atoms with Gasteiger partial charge >= 0.3 is 35.1 Å². The quantitative estimate of drug-likeness (QED) is 0.0228. The van der Waals surface area contributed by atoms with Crippen LogP contribution in [0.2, 0.25) is 0 Å². The lowest BCUT2D eigenvalue weighted by Gasteiger charge is -2.35. The molecule has 3 aliphatic heterocycles. The number of phosphoric ester groups is 2. The largest absolute Gasteiger partial charge is 0.778 e. The van der Waals surface area contributed by atoms with Crippen LogP contribution in [0.1, 0.15) is 32.0 Å². The molecule has 4 unspecified atom stereocenters. The summed E-state index contributed by atoms with van der Waals surface area (Å²) in [5.41, 5.74) is 13.4. The minimum atomic E-state index is -6.28. The van der Waals surface area contributed by atoms with Crippen LogP contribution in [-0.4, -0.2) is 178 Å². The average Bonchev–Trinajstić information content (AvgIpc) is 4.46. The first-order valence-electron chi connectivity index (χ1n) is 23.6. The number of fused-ring (bicyclic) bond motifs is 3. The average molecular weight is 1230 g/mol. The third-order valence-electron chi connectivity index (χ3n) is 12.8. The Morgan fingerprint density at radius 3 is 2.00 bits per heavy atom. The smallest absolute Gasteiger partial charge is 0.490 e. The molecule has 0 radical (unpaired) electrons. The lowest BCUT2D eigenvalue weighted by molar-refractivity contribution is -0.646. The number of carbonyl (C=O) groups is 1. The molecule has 0 bridgehead atoms. The van der Waals surface area contributed by atoms with Gasteiger partial charge in [0.25, 0.3) is 16.7 Å². The number of nitrogens with two attached hydrogens (primary N) is 3. The molecule has 44 heteroatoms. The highest BCUT2D eigenvalue weighted by molar-refractivity contribution is 7.66. The number of aliphatic hydroxyl groups excluding tert-OH is 3. The number of aliphatic hydroxyl groups is 3. The molecule has 0 saturated carbocycles. The molecule has 3 saturated heterocycles. The minimum Gasteiger partial charge on any atom is -0.778 e. The van der Waals surface area contributed by atoms with Gasteiger partial charge in [0.15, 0.2) is 35.1 Å². The molecule has 6 aromatic rings. The van der Waals surface area contributed by atoms with Crippen LogP contribution in [0.3, 0.4) is 0 Å². The predicted octanol–water partition coefficient (Wildman–Crippen LogP) is -3.88. The molecule has 1 amide bonds. The van der Waals surface area contributed by atoms with E-state index < -0.39 is 148 Å². The van der Waals surface area contributed by atoms with Gasteiger partial charge in [-0.15, -0.1) is 0 Å². The van der Waals surface area contributed by atoms with Crippen molar-refractivity contribution in [3.63, 3.8) is 0 Å². The van der Waals surface area contributed by atoms with Gasteiger partial charge in [-0.05, 0) is 6.42 Å². The number of ether oxygens (including phenoxy) is 5. The molecule has 3 fully saturated rings. The van der Waals surface area contributed by atoms with Gasteiger partial charge in [0.05, 0.1) is 64.0 Å². The second-order valence-corrected chi connectivity index (χ2v) is 24.7. The van der Waals surface area contributed by atoms with Gasteiger partial charge in [-0.3, -0.25) is 37.7 Å². The van der Waals surface area contributed by atoms with E-state index in [1.165, 1.54) is 22.5 Å². The van der Waals surface area contributed by atoms with Crippen molar-refractivity contribution >= 4 is 88.4 Å². The molecule has 81 heavy (non-hydrogen) atoms. The molecule has 40 nitrogen and oxygen atoms in total. The Balaban J connectivity index is 0.893. The Morgan fingerprint density at radius 2 is 1.33 bits per heavy atom. The Morgan fingerprint density at radius 1 is 0.753 bits per heavy atom. The molecule has 9 heterocycles. The third-order valence-corrected chi connectivity index (χ3v) is 18.9. The Labute approximate surface area is 451 Å². The number of H-pyrrole nitrogens is 2. The molecule has 0 spiro atoms. The van der Waals surface area contributed by atoms with E-state index >= 15 is 0 Å². The summed E-state index contributed by atoms with van der Waals surface area (Å²) in [5, 5.41) is 35.9. The van der Waals surface area contributed by atoms with Crippen molar-refractivity contribution in [3.8, 4) is 0 Å². The maximum Gasteiger partial charge on any atom is 0.490 e. The van der Waals surface area contributed by atoms with E-state index in [2.05, 4.69) is 53.8 Å². The number of anilines is 3. The number of carbonyl (C=O) groups excluding carboxylic acids is 1. The fourth-order valence-electron chi connectivity index (χ4n) is 9.26. The number of nitrogens with zero attached hydrogens (tertiary/aromatic N) is 10. The molecule has 6 aromatic heterocycles. The molecule has 0 aromatic carbocycles. The molecular weight excluding hydrogens is 1180 g/mol. The summed E-state index contributed by atoms with van der Waals surface area (Å²) in [5.74, 6) is -2.00. The zero-order chi connectivity index (χ0) is 58.7. The number of aromatic nitrogens is 12. The van der Waals surface area contributed by atoms with Crippen molar-refractivity contribution in [2.45, 2.75) is 80.4 Å². The fraction of sp³-hybridized carbons (Fsp3) is 0.568. The lowest BCUT2D eigenvalue weighted by Crippen LogP contribution is -2.40. The summed E-state index contributed by atoms with van der Waals surface area (Å²) in [6.07, 6.45) is -12.7. The number of imidazole rings is 3. The van der Waals surface area contributed by atoms with E-state index in [-0.39, 0.29) is 57.8 Å². The Bertz CT molecular complexity index is 3660. The summed E-state index contributed by atoms with van der Waals surface area (Å²) in [4.78, 5) is 113. The SMILES string of the molecule is CCCOC(=O)NC[C@H]1[C@@H](O)[C@H](n2c[n+](C)c3c(=O)[nH]c(N)nc32)O[C@@H]1COP(=O)(O)OP(=O)(O)OP(=O)(O)OC[C@H]1O[C@@H](n2cnc3c(N)ncnc32)[C@H](OC)[C@@H]1P(=O)([O-])OC[C@H]1O[C@@H](n2cnc3c(=O)[nH]c(N)nc32)[C@H](O)[C@@H]1O. The van der Waals surface area contributed by atoms with Crippen LogP contribution in [0, 0.1) is 5.92 Å². The van der Waals surface area contributed by atoms with Gasteiger partial charge in [0, 0.05) is 19.6 Å². The Hall–Kier alpha value is -5.80. The van der Waals surface area contributed by atoms with Crippen LogP contribution in [-0.2, 0) is 71.2 Å². The number of nitrogen functional groups attached to an aromatic ring is 3. The molecule has 16 atom stereocenters. The van der Waals surface area contributed by atoms with Gasteiger partial charge < -0.3 is 90.2 Å². The van der Waals surface area contributed by atoms with Crippen molar-refractivity contribution < 1.29 is 108 Å². The molecule has 15 N–H and O–H groups in total. The predicted molar refractivity (Wildman–Crippen MR) is 263 cm³/mol. The number of aromatic amines is 2. The lowest BCUT2D eigenvalue weighted by atomic mass is 9.98. The highest BCUT2D eigenvalue weighted by Crippen LogP contribution is 2.68. The van der Waals surface area contributed by atoms with Crippen LogP contribution >= 0.6 is 31.1 Å². The third kappa shape index (κ3) is 12.3. The summed E-state index contributed by atoms with van der Waals surface area (Å²) in [6, 6.07) is 0. The molecule has 3 aliphatic rings. The van der Waals surface area contributed by atoms with Crippen LogP contribution in [0.25, 0.3) is 33.5 Å². The standard InChI is InChI=1S/C37H52N16O24P4/c1-4-5-69-37(59)41-6-14-15(73-32(21(14)54)53-13-50(2)20-29(53)47-36(40)49-31(20)58)7-71-79(62,63)76-81(66,67)77-80(64,65)72-9-17-25(24(68-3)34(75-17)51-11-44-18-26(38)42-10-43-27(18)51)78(60,61)70-8-16-22(55)23(56)33(74-16)52-12-45-19-28(52)46-35(39)48-30(19)57/h10-17,21-25,32-34,54-56H,4-9H2,1-3H3,(H12-,38,39,40,41,42,43,46,47,48,49,57,58,59,60,61,62,63,64,65,66,67)/t14-,15-,16-,17-,21-,22-,23-,24-,25-,32-,33-,34-/m1/s1. The number of amides is 1. The minimum absolute atomic E-state index is 0.0144. The van der Waals surface area contributed by atoms with E-state index in [9.17, 15) is 67.5 Å². The van der Waals surface area contributed by atoms with Crippen molar-refractivity contribution in [1.29, 1.82) is 0 Å². The number of rotatable bonds is 22. The summed E-state index contributed by atoms with van der Waals surface area (Å²) in [7, 11) is -21.3. The number of aryl methyl sites for hydroxylation is 1. The number of methoxy groups -OCH3 is 1. The number of nitrogens with one attached hydrogen (secondary N) is 3. The summed E-state index contributed by atoms with van der Waals surface area (Å²) >= 11 is 0. The van der Waals surface area contributed by atoms with Crippen LogP contribution in [0.5, 0.6) is 0 Å². The topological polar surface area (TPSA) is 574 Å². The van der Waals surface area contributed by atoms with Crippen molar-refractivity contribution in [1.82, 2.24) is 58.9 Å². The van der Waals surface area contributed by atoms with Crippen LogP contribution in [0.15, 0.2) is 34.9 Å². The number of hydrogen-bond acceptors (Lipinski definition) is 30. The summed E-state index contributed by atoms with van der Waals surface area (Å²) < 4.78 is 111. The van der Waals surface area contributed by atoms with Crippen LogP contribution < -0.4 is 43.1 Å². The van der Waals surface area contributed by atoms with Crippen molar-refractivity contribution in [3.05, 3.63) is 46.0 Å². The zero-order valence-corrected chi connectivity index (χ0v) is 45.6. The monoisotopic (exact) mass is 1230 g/mol. The summed E-state index contributed by atoms with van der Waals surface area (Å²) in [6.45, 7) is -2.17. The second-order valence-electron chi connectivity index (χ2n) is 18.1. The maximum atomic E-state index is 14.4. The second kappa shape index (κ2) is 23.1. The molecule has 0 aliphatic carbocycles. The Kier molecular flexibility index (Phi) is 17.1. The van der Waals surface area contributed by atoms with Crippen molar-refractivity contribution in [2.24, 2.45) is 13.0 Å².